The summed E-state index contributed by atoms with van der Waals surface area (Å²) >= 11 is 0. The molecule has 1 saturated heterocycles. The maximum atomic E-state index is 5.50. The zero-order valence-electron chi connectivity index (χ0n) is 13.1. The van der Waals surface area contributed by atoms with Crippen LogP contribution in [-0.2, 0) is 11.2 Å². The second kappa shape index (κ2) is 7.79. The molecule has 0 radical (unpaired) electrons. The number of ether oxygens (including phenoxy) is 1. The van der Waals surface area contributed by atoms with Crippen molar-refractivity contribution in [3.05, 3.63) is 18.0 Å². The number of hydrogen-bond donors (Lipinski definition) is 1. The summed E-state index contributed by atoms with van der Waals surface area (Å²) in [6.45, 7) is 9.51. The highest BCUT2D eigenvalue weighted by molar-refractivity contribution is 5.02. The third kappa shape index (κ3) is 4.60. The quantitative estimate of drug-likeness (QED) is 0.795. The normalized spacial score (nSPS) is 20.7. The van der Waals surface area contributed by atoms with Crippen LogP contribution in [0.3, 0.4) is 0 Å². The van der Waals surface area contributed by atoms with E-state index in [1.54, 1.807) is 0 Å². The van der Waals surface area contributed by atoms with Crippen molar-refractivity contribution in [1.82, 2.24) is 15.1 Å². The molecule has 4 nitrogen and oxygen atoms in total. The van der Waals surface area contributed by atoms with E-state index < -0.39 is 0 Å². The lowest BCUT2D eigenvalue weighted by Gasteiger charge is -2.20. The summed E-state index contributed by atoms with van der Waals surface area (Å²) in [6.07, 6.45) is 6.71. The fourth-order valence-corrected chi connectivity index (χ4v) is 2.79. The minimum Gasteiger partial charge on any atom is -0.381 e. The molecule has 0 aromatic carbocycles. The molecule has 114 valence electrons. The molecule has 2 rings (SSSR count). The Bertz CT molecular complexity index is 383. The highest BCUT2D eigenvalue weighted by Gasteiger charge is 2.21. The Morgan fingerprint density at radius 1 is 1.50 bits per heavy atom. The van der Waals surface area contributed by atoms with Crippen LogP contribution in [0.15, 0.2) is 12.3 Å². The smallest absolute Gasteiger partial charge is 0.0640 e. The summed E-state index contributed by atoms with van der Waals surface area (Å²) in [6, 6.07) is 3.12. The molecule has 20 heavy (non-hydrogen) atoms. The predicted molar refractivity (Wildman–Crippen MR) is 81.9 cm³/mol. The van der Waals surface area contributed by atoms with Crippen LogP contribution in [0.2, 0.25) is 0 Å². The first-order valence-electron chi connectivity index (χ1n) is 8.04. The number of aromatic nitrogens is 2. The van der Waals surface area contributed by atoms with Gasteiger partial charge in [0.25, 0.3) is 0 Å². The van der Waals surface area contributed by atoms with Gasteiger partial charge in [-0.25, -0.2) is 0 Å². The van der Waals surface area contributed by atoms with Gasteiger partial charge in [0.05, 0.1) is 5.69 Å². The number of rotatable bonds is 8. The van der Waals surface area contributed by atoms with E-state index in [4.69, 9.17) is 4.74 Å². The van der Waals surface area contributed by atoms with Crippen LogP contribution in [-0.4, -0.2) is 35.6 Å². The molecule has 2 heterocycles. The van der Waals surface area contributed by atoms with Crippen molar-refractivity contribution < 1.29 is 4.74 Å². The van der Waals surface area contributed by atoms with E-state index in [2.05, 4.69) is 43.4 Å². The molecular formula is C16H29N3O. The molecule has 0 aliphatic carbocycles. The first kappa shape index (κ1) is 15.5. The first-order chi connectivity index (χ1) is 9.69. The van der Waals surface area contributed by atoms with Crippen molar-refractivity contribution in [1.29, 1.82) is 0 Å². The third-order valence-corrected chi connectivity index (χ3v) is 3.97. The molecule has 1 N–H and O–H groups in total. The lowest BCUT2D eigenvalue weighted by atomic mass is 9.96. The standard InChI is InChI=1S/C16H29N3O/c1-4-7-17-16(10-14-6-9-20-12-14)11-15-5-8-19(18-15)13(2)3/h5,8,13-14,16-17H,4,6-7,9-12H2,1-3H3. The molecule has 1 aliphatic heterocycles. The highest BCUT2D eigenvalue weighted by atomic mass is 16.5. The Morgan fingerprint density at radius 2 is 2.35 bits per heavy atom. The van der Waals surface area contributed by atoms with Crippen LogP contribution in [0, 0.1) is 5.92 Å². The maximum Gasteiger partial charge on any atom is 0.0640 e. The zero-order chi connectivity index (χ0) is 14.4. The van der Waals surface area contributed by atoms with Gasteiger partial charge < -0.3 is 10.1 Å². The third-order valence-electron chi connectivity index (χ3n) is 3.97. The SMILES string of the molecule is CCCNC(Cc1ccn(C(C)C)n1)CC1CCOC1. The van der Waals surface area contributed by atoms with Crippen LogP contribution in [0.5, 0.6) is 0 Å². The largest absolute Gasteiger partial charge is 0.381 e. The zero-order valence-corrected chi connectivity index (χ0v) is 13.1. The maximum absolute atomic E-state index is 5.50. The lowest BCUT2D eigenvalue weighted by Crippen LogP contribution is -2.34. The minimum atomic E-state index is 0.439. The van der Waals surface area contributed by atoms with Crippen molar-refractivity contribution >= 4 is 0 Å². The summed E-state index contributed by atoms with van der Waals surface area (Å²) in [5.74, 6) is 0.719. The van der Waals surface area contributed by atoms with Gasteiger partial charge in [0.15, 0.2) is 0 Å². The number of nitrogens with one attached hydrogen (secondary N) is 1. The Balaban J connectivity index is 1.90. The van der Waals surface area contributed by atoms with Gasteiger partial charge in [-0.1, -0.05) is 6.92 Å². The molecular weight excluding hydrogens is 250 g/mol. The monoisotopic (exact) mass is 279 g/mol. The van der Waals surface area contributed by atoms with Crippen LogP contribution in [0.1, 0.15) is 51.8 Å². The molecule has 1 fully saturated rings. The van der Waals surface area contributed by atoms with Gasteiger partial charge in [0, 0.05) is 37.9 Å². The van der Waals surface area contributed by atoms with Crippen LogP contribution in [0.4, 0.5) is 0 Å². The van der Waals surface area contributed by atoms with E-state index >= 15 is 0 Å². The molecule has 0 spiro atoms. The van der Waals surface area contributed by atoms with Crippen molar-refractivity contribution in [3.8, 4) is 0 Å². The number of hydrogen-bond acceptors (Lipinski definition) is 3. The molecule has 0 bridgehead atoms. The fraction of sp³-hybridized carbons (Fsp3) is 0.812. The summed E-state index contributed by atoms with van der Waals surface area (Å²) in [4.78, 5) is 0. The summed E-state index contributed by atoms with van der Waals surface area (Å²) < 4.78 is 7.55. The topological polar surface area (TPSA) is 39.1 Å². The van der Waals surface area contributed by atoms with Gasteiger partial charge in [-0.05, 0) is 51.6 Å². The second-order valence-corrected chi connectivity index (χ2v) is 6.20. The summed E-state index contributed by atoms with van der Waals surface area (Å²) in [5, 5.41) is 8.36. The van der Waals surface area contributed by atoms with Crippen molar-refractivity contribution in [2.45, 2.75) is 58.5 Å². The average molecular weight is 279 g/mol. The Hall–Kier alpha value is -0.870. The molecule has 2 unspecified atom stereocenters. The second-order valence-electron chi connectivity index (χ2n) is 6.20. The van der Waals surface area contributed by atoms with Gasteiger partial charge in [-0.2, -0.15) is 5.10 Å². The predicted octanol–water partition coefficient (Wildman–Crippen LogP) is 2.80. The van der Waals surface area contributed by atoms with Crippen molar-refractivity contribution in [2.75, 3.05) is 19.8 Å². The molecule has 0 amide bonds. The van der Waals surface area contributed by atoms with E-state index in [9.17, 15) is 0 Å². The summed E-state index contributed by atoms with van der Waals surface area (Å²) in [7, 11) is 0. The molecule has 4 heteroatoms. The van der Waals surface area contributed by atoms with Crippen LogP contribution < -0.4 is 5.32 Å². The van der Waals surface area contributed by atoms with E-state index in [1.165, 1.54) is 25.0 Å². The molecule has 0 saturated carbocycles. The van der Waals surface area contributed by atoms with E-state index in [1.807, 2.05) is 4.68 Å². The lowest BCUT2D eigenvalue weighted by molar-refractivity contribution is 0.181. The molecule has 1 aliphatic rings. The number of nitrogens with zero attached hydrogens (tertiary/aromatic N) is 2. The average Bonchev–Trinajstić information content (AvgIpc) is 3.07. The fourth-order valence-electron chi connectivity index (χ4n) is 2.79. The van der Waals surface area contributed by atoms with Gasteiger partial charge >= 0.3 is 0 Å². The van der Waals surface area contributed by atoms with Gasteiger partial charge in [0.2, 0.25) is 0 Å². The minimum absolute atomic E-state index is 0.439. The Kier molecular flexibility index (Phi) is 6.05. The van der Waals surface area contributed by atoms with E-state index in [0.717, 1.165) is 32.1 Å². The van der Waals surface area contributed by atoms with E-state index in [-0.39, 0.29) is 0 Å². The van der Waals surface area contributed by atoms with Crippen LogP contribution >= 0.6 is 0 Å². The molecule has 2 atom stereocenters. The van der Waals surface area contributed by atoms with Crippen LogP contribution in [0.25, 0.3) is 0 Å². The van der Waals surface area contributed by atoms with Gasteiger partial charge in [-0.3, -0.25) is 4.68 Å². The summed E-state index contributed by atoms with van der Waals surface area (Å²) in [5.41, 5.74) is 1.20. The highest BCUT2D eigenvalue weighted by Crippen LogP contribution is 2.20. The Morgan fingerprint density at radius 3 is 2.95 bits per heavy atom. The molecule has 1 aromatic rings. The Labute approximate surface area is 122 Å². The molecule has 1 aromatic heterocycles. The van der Waals surface area contributed by atoms with Gasteiger partial charge in [0.1, 0.15) is 0 Å². The first-order valence-corrected chi connectivity index (χ1v) is 8.04. The van der Waals surface area contributed by atoms with Crippen molar-refractivity contribution in [2.24, 2.45) is 5.92 Å². The van der Waals surface area contributed by atoms with Crippen molar-refractivity contribution in [3.63, 3.8) is 0 Å². The van der Waals surface area contributed by atoms with Gasteiger partial charge in [-0.15, -0.1) is 0 Å². The van der Waals surface area contributed by atoms with E-state index in [0.29, 0.717) is 12.1 Å².